The molecule has 0 radical (unpaired) electrons. The van der Waals surface area contributed by atoms with Crippen molar-refractivity contribution in [3.63, 3.8) is 0 Å². The Morgan fingerprint density at radius 1 is 0.516 bits per heavy atom. The van der Waals surface area contributed by atoms with Gasteiger partial charge in [0.25, 0.3) is 11.8 Å². The van der Waals surface area contributed by atoms with Crippen molar-refractivity contribution < 1.29 is 19.2 Å². The van der Waals surface area contributed by atoms with Crippen molar-refractivity contribution in [2.24, 2.45) is 11.5 Å². The SMILES string of the molecule is CC(=O)c1c(C(N)=O)c(=C2Sc3c(c(-c4ccccc4)c4c(c3-c3ccccc3)SC(=c3c(C(N)=O)c(C(C)=O)c5nnc(-n6ccnc6)n35)S4)S2)n2c(-n3ccnc3)nnc12. The van der Waals surface area contributed by atoms with E-state index in [9.17, 15) is 19.2 Å². The lowest BCUT2D eigenvalue weighted by atomic mass is 9.99. The molecule has 3 aromatic carbocycles. The molecule has 9 aromatic rings. The molecule has 2 aliphatic rings. The van der Waals surface area contributed by atoms with Gasteiger partial charge in [0.15, 0.2) is 22.9 Å². The smallest absolute Gasteiger partial charge is 0.251 e. The zero-order valence-corrected chi connectivity index (χ0v) is 35.4. The fourth-order valence-electron chi connectivity index (χ4n) is 7.98. The highest BCUT2D eigenvalue weighted by atomic mass is 32.2. The molecule has 0 atom stereocenters. The van der Waals surface area contributed by atoms with Crippen molar-refractivity contribution in [1.29, 1.82) is 0 Å². The second kappa shape index (κ2) is 14.3. The third kappa shape index (κ3) is 5.53. The molecule has 11 rings (SSSR count). The Hall–Kier alpha value is -7.00. The lowest BCUT2D eigenvalue weighted by Crippen LogP contribution is -2.26. The van der Waals surface area contributed by atoms with Gasteiger partial charge >= 0.3 is 0 Å². The Kier molecular flexibility index (Phi) is 8.75. The number of primary amides is 2. The normalized spacial score (nSPS) is 13.4. The van der Waals surface area contributed by atoms with Crippen molar-refractivity contribution in [2.75, 3.05) is 0 Å². The molecule has 0 saturated heterocycles. The van der Waals surface area contributed by atoms with Crippen LogP contribution < -0.4 is 22.2 Å². The van der Waals surface area contributed by atoms with E-state index in [-0.39, 0.29) is 45.1 Å². The first-order chi connectivity index (χ1) is 30.1. The van der Waals surface area contributed by atoms with Crippen molar-refractivity contribution in [2.45, 2.75) is 33.4 Å². The summed E-state index contributed by atoms with van der Waals surface area (Å²) in [6.45, 7) is 2.75. The van der Waals surface area contributed by atoms with Crippen LogP contribution in [-0.2, 0) is 0 Å². The van der Waals surface area contributed by atoms with Crippen molar-refractivity contribution >= 4 is 90.2 Å². The highest BCUT2D eigenvalue weighted by molar-refractivity contribution is 8.33. The molecule has 0 fully saturated rings. The van der Waals surface area contributed by atoms with Crippen LogP contribution in [0.5, 0.6) is 0 Å². The Morgan fingerprint density at radius 3 is 1.19 bits per heavy atom. The van der Waals surface area contributed by atoms with Crippen LogP contribution in [0.3, 0.4) is 0 Å². The highest BCUT2D eigenvalue weighted by Crippen LogP contribution is 2.67. The number of rotatable bonds is 8. The summed E-state index contributed by atoms with van der Waals surface area (Å²) in [6, 6.07) is 19.9. The van der Waals surface area contributed by atoms with Gasteiger partial charge in [0.2, 0.25) is 11.9 Å². The third-order valence-electron chi connectivity index (χ3n) is 10.4. The van der Waals surface area contributed by atoms with Gasteiger partial charge in [-0.25, -0.2) is 9.97 Å². The van der Waals surface area contributed by atoms with E-state index in [0.29, 0.717) is 31.1 Å². The summed E-state index contributed by atoms with van der Waals surface area (Å²) in [5.41, 5.74) is 16.6. The molecule has 0 unspecified atom stereocenters. The Bertz CT molecular complexity index is 3260. The van der Waals surface area contributed by atoms with Crippen LogP contribution in [0, 0.1) is 0 Å². The topological polar surface area (TPSA) is 216 Å². The number of benzene rings is 3. The summed E-state index contributed by atoms with van der Waals surface area (Å²) in [6.07, 6.45) is 9.73. The van der Waals surface area contributed by atoms with Crippen LogP contribution in [0.1, 0.15) is 55.3 Å². The second-order valence-electron chi connectivity index (χ2n) is 14.1. The number of hydrogen-bond acceptors (Lipinski definition) is 14. The summed E-state index contributed by atoms with van der Waals surface area (Å²) < 4.78 is 8.07. The van der Waals surface area contributed by atoms with Gasteiger partial charge in [-0.15, -0.1) is 20.4 Å². The standard InChI is InChI=1S/C42H26N12O4S4/c1-19(55)23-27(35(43)57)29(53-37(23)47-49-41(53)51-15-13-45-17-51)39-59-31-25(21-9-5-3-6-10-21)33-34(26(32(31)60-39)22-11-7-4-8-12-22)62-40(61-33)30-28(36(44)58)24(20(2)56)38-48-50-42(54(30)38)52-16-14-46-18-52/h3-18H,1-2H3,(H2,43,57)(H2,44,58). The molecule has 2 amide bonds. The fourth-order valence-corrected chi connectivity index (χ4v) is 13.9. The first-order valence-corrected chi connectivity index (χ1v) is 21.9. The molecule has 0 bridgehead atoms. The van der Waals surface area contributed by atoms with Gasteiger partial charge in [0.1, 0.15) is 12.7 Å². The lowest BCUT2D eigenvalue weighted by molar-refractivity contribution is 0.0974. The summed E-state index contributed by atoms with van der Waals surface area (Å²) in [4.78, 5) is 65.7. The number of aromatic nitrogens is 10. The van der Waals surface area contributed by atoms with Crippen molar-refractivity contribution in [3.8, 4) is 34.2 Å². The minimum Gasteiger partial charge on any atom is -0.366 e. The molecule has 62 heavy (non-hydrogen) atoms. The van der Waals surface area contributed by atoms with Gasteiger partial charge in [-0.3, -0.25) is 37.1 Å². The molecule has 4 N–H and O–H groups in total. The maximum Gasteiger partial charge on any atom is 0.251 e. The number of thioether (sulfide) groups is 4. The largest absolute Gasteiger partial charge is 0.366 e. The van der Waals surface area contributed by atoms with E-state index < -0.39 is 11.8 Å². The molecule has 0 saturated carbocycles. The van der Waals surface area contributed by atoms with Gasteiger partial charge in [-0.2, -0.15) is 0 Å². The first kappa shape index (κ1) is 38.0. The van der Waals surface area contributed by atoms with E-state index in [2.05, 4.69) is 30.4 Å². The summed E-state index contributed by atoms with van der Waals surface area (Å²) in [7, 11) is 0. The number of carbonyl (C=O) groups excluding carboxylic acids is 4. The lowest BCUT2D eigenvalue weighted by Gasteiger charge is -2.17. The van der Waals surface area contributed by atoms with E-state index in [0.717, 1.165) is 41.8 Å². The van der Waals surface area contributed by atoms with E-state index >= 15 is 0 Å². The maximum absolute atomic E-state index is 13.5. The number of fused-ring (bicyclic) bond motifs is 4. The summed E-state index contributed by atoms with van der Waals surface area (Å²) >= 11 is 5.83. The highest BCUT2D eigenvalue weighted by Gasteiger charge is 2.39. The molecule has 16 nitrogen and oxygen atoms in total. The Labute approximate surface area is 365 Å². The van der Waals surface area contributed by atoms with Gasteiger partial charge in [0.05, 0.1) is 41.4 Å². The Balaban J connectivity index is 1.25. The number of carbonyl (C=O) groups is 4. The minimum absolute atomic E-state index is 0.0455. The Morgan fingerprint density at radius 2 is 0.887 bits per heavy atom. The molecular formula is C42H26N12O4S4. The molecular weight excluding hydrogens is 865 g/mol. The van der Waals surface area contributed by atoms with E-state index in [4.69, 9.17) is 11.5 Å². The number of nitrogens with zero attached hydrogens (tertiary/aromatic N) is 10. The average molecular weight is 891 g/mol. The van der Waals surface area contributed by atoms with Crippen LogP contribution >= 0.6 is 47.0 Å². The van der Waals surface area contributed by atoms with E-state index in [1.165, 1.54) is 60.9 Å². The third-order valence-corrected chi connectivity index (χ3v) is 15.7. The predicted octanol–water partition coefficient (Wildman–Crippen LogP) is 5.45. The number of Topliss-reactive ketones (excluding diaryl/α,β-unsaturated/α-hetero) is 2. The number of ketones is 2. The number of amides is 2. The quantitative estimate of drug-likeness (QED) is 0.182. The van der Waals surface area contributed by atoms with Gasteiger partial charge in [-0.05, 0) is 25.0 Å². The van der Waals surface area contributed by atoms with Gasteiger partial charge < -0.3 is 11.5 Å². The van der Waals surface area contributed by atoms with Crippen LogP contribution in [0.2, 0.25) is 0 Å². The van der Waals surface area contributed by atoms with Crippen LogP contribution in [0.15, 0.2) is 118 Å². The number of hydrogen-bond donors (Lipinski definition) is 2. The summed E-state index contributed by atoms with van der Waals surface area (Å²) in [5, 5.41) is 18.4. The van der Waals surface area contributed by atoms with Crippen molar-refractivity contribution in [3.05, 3.63) is 131 Å². The number of nitrogens with two attached hydrogens (primary N) is 2. The molecule has 0 aliphatic carbocycles. The van der Waals surface area contributed by atoms with Crippen LogP contribution in [-0.4, -0.2) is 71.7 Å². The predicted molar refractivity (Wildman–Crippen MR) is 235 cm³/mol. The maximum atomic E-state index is 13.5. The molecule has 2 aliphatic heterocycles. The van der Waals surface area contributed by atoms with Gasteiger partial charge in [0, 0.05) is 55.5 Å². The first-order valence-electron chi connectivity index (χ1n) is 18.7. The van der Waals surface area contributed by atoms with E-state index in [1.807, 2.05) is 60.7 Å². The molecule has 302 valence electrons. The fraction of sp³-hybridized carbons (Fsp3) is 0.0476. The van der Waals surface area contributed by atoms with E-state index in [1.54, 1.807) is 55.4 Å². The molecule has 20 heteroatoms. The monoisotopic (exact) mass is 890 g/mol. The average Bonchev–Trinajstić information content (AvgIpc) is 4.10. The summed E-state index contributed by atoms with van der Waals surface area (Å²) in [5.74, 6) is -1.68. The number of imidazole rings is 2. The zero-order chi connectivity index (χ0) is 42.6. The molecule has 8 heterocycles. The van der Waals surface area contributed by atoms with Crippen LogP contribution in [0.4, 0.5) is 0 Å². The van der Waals surface area contributed by atoms with Crippen LogP contribution in [0.25, 0.3) is 53.9 Å². The molecule has 6 aromatic heterocycles. The van der Waals surface area contributed by atoms with Gasteiger partial charge in [-0.1, -0.05) is 108 Å². The zero-order valence-electron chi connectivity index (χ0n) is 32.1. The minimum atomic E-state index is -0.781. The second-order valence-corrected chi connectivity index (χ2v) is 18.7. The van der Waals surface area contributed by atoms with Crippen molar-refractivity contribution in [1.82, 2.24) is 48.3 Å². The molecule has 0 spiro atoms.